The number of alkyl carbamates (subject to hydrolysis) is 1. The predicted molar refractivity (Wildman–Crippen MR) is 126 cm³/mol. The van der Waals surface area contributed by atoms with Crippen LogP contribution in [0.25, 0.3) is 11.1 Å². The normalized spacial score (nSPS) is 13.6. The molecule has 33 heavy (non-hydrogen) atoms. The van der Waals surface area contributed by atoms with Gasteiger partial charge in [0.15, 0.2) is 0 Å². The average molecular weight is 451 g/mol. The number of rotatable bonds is 10. The number of fused-ring (bicyclic) bond motifs is 3. The van der Waals surface area contributed by atoms with Gasteiger partial charge in [-0.15, -0.1) is 0 Å². The van der Waals surface area contributed by atoms with Gasteiger partial charge in [-0.25, -0.2) is 9.59 Å². The Morgan fingerprint density at radius 3 is 2.24 bits per heavy atom. The van der Waals surface area contributed by atoms with Gasteiger partial charge in [0.2, 0.25) is 5.91 Å². The van der Waals surface area contributed by atoms with E-state index in [0.717, 1.165) is 0 Å². The Hall–Kier alpha value is -3.61. The van der Waals surface area contributed by atoms with Gasteiger partial charge >= 0.3 is 12.1 Å². The van der Waals surface area contributed by atoms with E-state index in [2.05, 4.69) is 34.9 Å². The van der Waals surface area contributed by atoms with Crippen molar-refractivity contribution >= 4 is 18.0 Å². The number of carboxylic acids is 1. The molecule has 0 bridgehead atoms. The van der Waals surface area contributed by atoms with E-state index in [1.807, 2.05) is 31.2 Å². The molecule has 7 nitrogen and oxygen atoms in total. The molecule has 1 unspecified atom stereocenters. The smallest absolute Gasteiger partial charge is 0.407 e. The van der Waals surface area contributed by atoms with Crippen molar-refractivity contribution in [3.63, 3.8) is 0 Å². The Kier molecular flexibility index (Phi) is 8.24. The summed E-state index contributed by atoms with van der Waals surface area (Å²) in [6, 6.07) is 16.4. The Bertz CT molecular complexity index is 1000. The van der Waals surface area contributed by atoms with Crippen molar-refractivity contribution in [1.29, 1.82) is 0 Å². The molecule has 1 atom stereocenters. The lowest BCUT2D eigenvalue weighted by Gasteiger charge is -2.15. The van der Waals surface area contributed by atoms with Crippen LogP contribution in [-0.2, 0) is 14.3 Å². The number of benzene rings is 2. The van der Waals surface area contributed by atoms with Gasteiger partial charge < -0.3 is 20.5 Å². The van der Waals surface area contributed by atoms with Crippen LogP contribution in [0.2, 0.25) is 0 Å². The first kappa shape index (κ1) is 24.0. The molecule has 2 amide bonds. The number of nitrogens with one attached hydrogen (secondary N) is 2. The third-order valence-corrected chi connectivity index (χ3v) is 5.83. The topological polar surface area (TPSA) is 105 Å². The maximum Gasteiger partial charge on any atom is 0.407 e. The highest BCUT2D eigenvalue weighted by molar-refractivity contribution is 5.86. The molecule has 0 aliphatic heterocycles. The predicted octanol–water partition coefficient (Wildman–Crippen LogP) is 4.09. The zero-order valence-electron chi connectivity index (χ0n) is 19.0. The van der Waals surface area contributed by atoms with Gasteiger partial charge in [0, 0.05) is 31.0 Å². The first-order chi connectivity index (χ1) is 15.9. The summed E-state index contributed by atoms with van der Waals surface area (Å²) in [5.74, 6) is -1.08. The molecular weight excluding hydrogens is 420 g/mol. The molecule has 0 saturated carbocycles. The molecule has 174 valence electrons. The molecule has 3 N–H and O–H groups in total. The van der Waals surface area contributed by atoms with Gasteiger partial charge in [0.25, 0.3) is 0 Å². The minimum absolute atomic E-state index is 0.0181. The molecule has 0 radical (unpaired) electrons. The van der Waals surface area contributed by atoms with Crippen molar-refractivity contribution in [1.82, 2.24) is 10.6 Å². The zero-order valence-corrected chi connectivity index (χ0v) is 19.0. The van der Waals surface area contributed by atoms with Crippen LogP contribution in [0, 0.1) is 5.92 Å². The first-order valence-corrected chi connectivity index (χ1v) is 11.1. The van der Waals surface area contributed by atoms with Crippen molar-refractivity contribution in [2.24, 2.45) is 5.92 Å². The second-order valence-corrected chi connectivity index (χ2v) is 8.35. The maximum absolute atomic E-state index is 12.2. The van der Waals surface area contributed by atoms with Crippen LogP contribution in [0.1, 0.15) is 43.7 Å². The van der Waals surface area contributed by atoms with E-state index in [-0.39, 0.29) is 36.5 Å². The Labute approximate surface area is 193 Å². The molecule has 1 aliphatic carbocycles. The van der Waals surface area contributed by atoms with Crippen molar-refractivity contribution in [3.8, 4) is 11.1 Å². The summed E-state index contributed by atoms with van der Waals surface area (Å²) >= 11 is 0. The number of hydrogen-bond acceptors (Lipinski definition) is 4. The zero-order chi connectivity index (χ0) is 23.8. The van der Waals surface area contributed by atoms with Crippen molar-refractivity contribution in [2.75, 3.05) is 19.7 Å². The number of aliphatic carboxylic acids is 1. The summed E-state index contributed by atoms with van der Waals surface area (Å²) in [5.41, 5.74) is 4.89. The number of carboxylic acid groups (broad SMARTS) is 1. The third-order valence-electron chi connectivity index (χ3n) is 5.83. The van der Waals surface area contributed by atoms with E-state index in [1.54, 1.807) is 0 Å². The Morgan fingerprint density at radius 2 is 1.64 bits per heavy atom. The van der Waals surface area contributed by atoms with E-state index in [9.17, 15) is 14.4 Å². The minimum atomic E-state index is -1.00. The van der Waals surface area contributed by atoms with E-state index in [0.29, 0.717) is 19.4 Å². The average Bonchev–Trinajstić information content (AvgIpc) is 3.11. The number of hydrogen-bond donors (Lipinski definition) is 3. The lowest BCUT2D eigenvalue weighted by molar-refractivity contribution is -0.132. The summed E-state index contributed by atoms with van der Waals surface area (Å²) in [6.45, 7) is 4.26. The lowest BCUT2D eigenvalue weighted by atomic mass is 9.98. The van der Waals surface area contributed by atoms with Gasteiger partial charge in [0.05, 0.1) is 0 Å². The SMILES string of the molecule is C/C(=C\CNC(=O)CC(C)CCNC(=O)OCC1c2ccccc2-c2ccccc21)C(=O)O. The summed E-state index contributed by atoms with van der Waals surface area (Å²) in [4.78, 5) is 34.9. The second-order valence-electron chi connectivity index (χ2n) is 8.35. The summed E-state index contributed by atoms with van der Waals surface area (Å²) < 4.78 is 5.51. The Balaban J connectivity index is 1.39. The number of amides is 2. The van der Waals surface area contributed by atoms with Crippen LogP contribution in [0.4, 0.5) is 4.79 Å². The summed E-state index contributed by atoms with van der Waals surface area (Å²) in [5, 5.41) is 14.2. The molecular formula is C26H30N2O5. The summed E-state index contributed by atoms with van der Waals surface area (Å²) in [7, 11) is 0. The van der Waals surface area contributed by atoms with Crippen LogP contribution in [0.15, 0.2) is 60.2 Å². The van der Waals surface area contributed by atoms with Crippen LogP contribution >= 0.6 is 0 Å². The first-order valence-electron chi connectivity index (χ1n) is 11.1. The highest BCUT2D eigenvalue weighted by Gasteiger charge is 2.28. The van der Waals surface area contributed by atoms with Crippen LogP contribution < -0.4 is 10.6 Å². The molecule has 3 rings (SSSR count). The quantitative estimate of drug-likeness (QED) is 0.473. The molecule has 2 aromatic carbocycles. The van der Waals surface area contributed by atoms with Crippen molar-refractivity contribution < 1.29 is 24.2 Å². The van der Waals surface area contributed by atoms with Gasteiger partial charge in [-0.1, -0.05) is 61.5 Å². The molecule has 0 fully saturated rings. The molecule has 7 heteroatoms. The molecule has 0 aromatic heterocycles. The van der Waals surface area contributed by atoms with Gasteiger partial charge in [0.1, 0.15) is 6.61 Å². The molecule has 2 aromatic rings. The second kappa shape index (κ2) is 11.3. The van der Waals surface area contributed by atoms with Gasteiger partial charge in [-0.3, -0.25) is 4.79 Å². The van der Waals surface area contributed by atoms with Crippen molar-refractivity contribution in [2.45, 2.75) is 32.6 Å². The van der Waals surface area contributed by atoms with Crippen LogP contribution in [0.5, 0.6) is 0 Å². The largest absolute Gasteiger partial charge is 0.478 e. The van der Waals surface area contributed by atoms with Crippen molar-refractivity contribution in [3.05, 3.63) is 71.3 Å². The molecule has 0 spiro atoms. The fourth-order valence-corrected chi connectivity index (χ4v) is 3.97. The summed E-state index contributed by atoms with van der Waals surface area (Å²) in [6.07, 6.45) is 1.92. The standard InChI is InChI=1S/C26H30N2O5/c1-17(15-24(29)27-14-12-18(2)25(30)31)11-13-28-26(32)33-16-23-21-9-5-3-7-19(21)20-8-4-6-10-22(20)23/h3-10,12,17,23H,11,13-16H2,1-2H3,(H,27,29)(H,28,32)(H,30,31)/b18-12+. The highest BCUT2D eigenvalue weighted by atomic mass is 16.5. The van der Waals surface area contributed by atoms with E-state index in [1.165, 1.54) is 35.3 Å². The minimum Gasteiger partial charge on any atom is -0.478 e. The van der Waals surface area contributed by atoms with Crippen LogP contribution in [-0.4, -0.2) is 42.8 Å². The molecule has 0 saturated heterocycles. The number of ether oxygens (including phenoxy) is 1. The molecule has 1 aliphatic rings. The van der Waals surface area contributed by atoms with Gasteiger partial charge in [-0.2, -0.15) is 0 Å². The highest BCUT2D eigenvalue weighted by Crippen LogP contribution is 2.44. The van der Waals surface area contributed by atoms with E-state index >= 15 is 0 Å². The fourth-order valence-electron chi connectivity index (χ4n) is 3.97. The number of carbonyl (C=O) groups is 3. The monoisotopic (exact) mass is 450 g/mol. The van der Waals surface area contributed by atoms with Crippen LogP contribution in [0.3, 0.4) is 0 Å². The number of carbonyl (C=O) groups excluding carboxylic acids is 2. The van der Waals surface area contributed by atoms with E-state index < -0.39 is 12.1 Å². The van der Waals surface area contributed by atoms with E-state index in [4.69, 9.17) is 9.84 Å². The third kappa shape index (κ3) is 6.44. The maximum atomic E-state index is 12.2. The lowest BCUT2D eigenvalue weighted by Crippen LogP contribution is -2.29. The Morgan fingerprint density at radius 1 is 1.03 bits per heavy atom. The molecule has 0 heterocycles. The fraction of sp³-hybridized carbons (Fsp3) is 0.346. The van der Waals surface area contributed by atoms with Gasteiger partial charge in [-0.05, 0) is 41.5 Å².